The number of ether oxygens (including phenoxy) is 1. The van der Waals surface area contributed by atoms with Gasteiger partial charge in [-0.15, -0.1) is 0 Å². The van der Waals surface area contributed by atoms with Crippen molar-refractivity contribution in [1.82, 2.24) is 20.6 Å². The number of nitrogens with zero attached hydrogens (tertiary/aromatic N) is 2. The molecule has 2 amide bonds. The number of amides is 2. The van der Waals surface area contributed by atoms with Crippen molar-refractivity contribution in [3.05, 3.63) is 89.0 Å². The molecule has 1 aromatic heterocycles. The number of carboxylic acid groups (broad SMARTS) is 1. The lowest BCUT2D eigenvalue weighted by molar-refractivity contribution is 0.0696. The van der Waals surface area contributed by atoms with Crippen LogP contribution in [-0.4, -0.2) is 39.9 Å². The number of hydrogen-bond acceptors (Lipinski definition) is 6. The number of aromatic carboxylic acids is 1. The van der Waals surface area contributed by atoms with Gasteiger partial charge in [0.2, 0.25) is 0 Å². The summed E-state index contributed by atoms with van der Waals surface area (Å²) in [6.45, 7) is -2.35. The van der Waals surface area contributed by atoms with Crippen molar-refractivity contribution in [3.8, 4) is 5.75 Å². The highest BCUT2D eigenvalue weighted by Gasteiger charge is 2.13. The highest BCUT2D eigenvalue weighted by Crippen LogP contribution is 2.12. The van der Waals surface area contributed by atoms with Gasteiger partial charge in [-0.2, -0.15) is 0 Å². The fourth-order valence-corrected chi connectivity index (χ4v) is 2.49. The first-order valence-corrected chi connectivity index (χ1v) is 8.89. The van der Waals surface area contributed by atoms with E-state index in [-0.39, 0.29) is 34.8 Å². The number of carboxylic acids is 1. The van der Waals surface area contributed by atoms with Gasteiger partial charge in [-0.1, -0.05) is 24.3 Å². The van der Waals surface area contributed by atoms with E-state index in [2.05, 4.69) is 20.6 Å². The van der Waals surface area contributed by atoms with Gasteiger partial charge >= 0.3 is 5.97 Å². The normalized spacial score (nSPS) is 13.5. The first kappa shape index (κ1) is 15.6. The first-order valence-electron chi connectivity index (χ1n) is 11.4. The second kappa shape index (κ2) is 9.97. The van der Waals surface area contributed by atoms with E-state index in [1.54, 1.807) is 12.1 Å². The van der Waals surface area contributed by atoms with Crippen molar-refractivity contribution >= 4 is 17.8 Å². The van der Waals surface area contributed by atoms with Crippen LogP contribution in [-0.2, 0) is 13.0 Å². The van der Waals surface area contributed by atoms with Gasteiger partial charge < -0.3 is 20.5 Å². The summed E-state index contributed by atoms with van der Waals surface area (Å²) in [6.07, 6.45) is 0.978. The number of aromatic nitrogens is 2. The zero-order valence-corrected chi connectivity index (χ0v) is 16.0. The molecule has 0 atom stereocenters. The van der Waals surface area contributed by atoms with Crippen LogP contribution in [0, 0.1) is 0 Å². The van der Waals surface area contributed by atoms with E-state index in [0.717, 1.165) is 12.4 Å². The third kappa shape index (κ3) is 5.86. The van der Waals surface area contributed by atoms with Crippen molar-refractivity contribution in [1.29, 1.82) is 0 Å². The lowest BCUT2D eigenvalue weighted by atomic mass is 10.1. The molecule has 1 heterocycles. The largest absolute Gasteiger partial charge is 0.497 e. The SMILES string of the molecule is [2H]C([2H])([2H])Oc1cccc(CNC(=O)c2cc(C(=O)NC([2H])([2H])c3ccc(C(=O)O)cc3)ncn2)c1. The fourth-order valence-electron chi connectivity index (χ4n) is 2.49. The maximum absolute atomic E-state index is 12.6. The van der Waals surface area contributed by atoms with Crippen molar-refractivity contribution in [2.45, 2.75) is 13.0 Å². The number of hydrogen-bond donors (Lipinski definition) is 3. The fraction of sp³-hybridized carbons (Fsp3) is 0.136. The smallest absolute Gasteiger partial charge is 0.335 e. The molecule has 0 aliphatic rings. The van der Waals surface area contributed by atoms with Crippen LogP contribution in [0.5, 0.6) is 5.75 Å². The molecule has 0 unspecified atom stereocenters. The lowest BCUT2D eigenvalue weighted by Crippen LogP contribution is -2.27. The number of benzene rings is 2. The van der Waals surface area contributed by atoms with Crippen molar-refractivity contribution in [2.24, 2.45) is 0 Å². The van der Waals surface area contributed by atoms with Crippen LogP contribution in [0.2, 0.25) is 0 Å². The monoisotopic (exact) mass is 425 g/mol. The maximum atomic E-state index is 12.6. The summed E-state index contributed by atoms with van der Waals surface area (Å²) >= 11 is 0. The number of nitrogens with one attached hydrogen (secondary N) is 2. The molecule has 158 valence electrons. The molecule has 31 heavy (non-hydrogen) atoms. The Morgan fingerprint density at radius 2 is 1.71 bits per heavy atom. The summed E-state index contributed by atoms with van der Waals surface area (Å²) in [5, 5.41) is 13.7. The molecule has 0 saturated carbocycles. The number of rotatable bonds is 8. The third-order valence-corrected chi connectivity index (χ3v) is 4.05. The van der Waals surface area contributed by atoms with E-state index in [1.807, 2.05) is 0 Å². The van der Waals surface area contributed by atoms with Crippen LogP contribution in [0.15, 0.2) is 60.9 Å². The summed E-state index contributed by atoms with van der Waals surface area (Å²) in [5.74, 6) is -2.64. The van der Waals surface area contributed by atoms with E-state index < -0.39 is 31.3 Å². The molecule has 9 heteroatoms. The summed E-state index contributed by atoms with van der Waals surface area (Å²) in [5.41, 5.74) is 0.103. The van der Waals surface area contributed by atoms with Gasteiger partial charge in [0.15, 0.2) is 0 Å². The van der Waals surface area contributed by atoms with Crippen LogP contribution in [0.1, 0.15) is 49.3 Å². The second-order valence-corrected chi connectivity index (χ2v) is 6.18. The summed E-state index contributed by atoms with van der Waals surface area (Å²) < 4.78 is 42.5. The van der Waals surface area contributed by atoms with E-state index in [4.69, 9.17) is 16.7 Å². The Kier molecular flexibility index (Phi) is 5.00. The van der Waals surface area contributed by atoms with Gasteiger partial charge in [0.25, 0.3) is 11.8 Å². The lowest BCUT2D eigenvalue weighted by Gasteiger charge is -2.08. The maximum Gasteiger partial charge on any atom is 0.335 e. The zero-order chi connectivity index (χ0) is 26.5. The average Bonchev–Trinajstić information content (AvgIpc) is 2.81. The number of carbonyl (C=O) groups is 3. The van der Waals surface area contributed by atoms with E-state index in [0.29, 0.717) is 5.56 Å². The molecule has 3 aromatic rings. The predicted octanol–water partition coefficient (Wildman–Crippen LogP) is 2.04. The van der Waals surface area contributed by atoms with Crippen LogP contribution in [0.3, 0.4) is 0 Å². The van der Waals surface area contributed by atoms with Gasteiger partial charge in [0.05, 0.1) is 19.5 Å². The molecular formula is C22H20N4O5. The highest BCUT2D eigenvalue weighted by molar-refractivity contribution is 5.97. The first-order chi connectivity index (χ1) is 16.8. The molecule has 0 aliphatic heterocycles. The average molecular weight is 425 g/mol. The molecule has 3 N–H and O–H groups in total. The van der Waals surface area contributed by atoms with Crippen molar-refractivity contribution in [2.75, 3.05) is 7.04 Å². The molecule has 0 saturated heterocycles. The Hall–Kier alpha value is -4.27. The predicted molar refractivity (Wildman–Crippen MR) is 111 cm³/mol. The standard InChI is InChI=1S/C22H20N4O5/c1-31-17-4-2-3-15(9-17)12-24-21(28)19-10-18(25-13-26-19)20(27)23-11-14-5-7-16(8-6-14)22(29)30/h2-10,13H,11-12H2,1H3,(H,23,27)(H,24,28)(H,29,30)/i1D3,11D2. The van der Waals surface area contributed by atoms with Crippen LogP contribution in [0.25, 0.3) is 0 Å². The molecular weight excluding hydrogens is 400 g/mol. The Balaban J connectivity index is 1.66. The number of methoxy groups -OCH3 is 1. The second-order valence-electron chi connectivity index (χ2n) is 6.18. The summed E-state index contributed by atoms with van der Waals surface area (Å²) in [4.78, 5) is 43.7. The summed E-state index contributed by atoms with van der Waals surface area (Å²) in [6, 6.07) is 12.1. The van der Waals surface area contributed by atoms with Gasteiger partial charge in [-0.25, -0.2) is 14.8 Å². The molecule has 2 aromatic carbocycles. The minimum absolute atomic E-state index is 0.0114. The van der Waals surface area contributed by atoms with Crippen LogP contribution >= 0.6 is 0 Å². The van der Waals surface area contributed by atoms with Crippen molar-refractivity contribution < 1.29 is 31.1 Å². The molecule has 0 radical (unpaired) electrons. The minimum atomic E-state index is -2.61. The van der Waals surface area contributed by atoms with Crippen LogP contribution < -0.4 is 15.4 Å². The zero-order valence-electron chi connectivity index (χ0n) is 21.0. The topological polar surface area (TPSA) is 131 Å². The molecule has 0 aliphatic carbocycles. The molecule has 0 bridgehead atoms. The van der Waals surface area contributed by atoms with Gasteiger partial charge in [-0.05, 0) is 35.4 Å². The Morgan fingerprint density at radius 1 is 1.00 bits per heavy atom. The highest BCUT2D eigenvalue weighted by atomic mass is 16.5. The van der Waals surface area contributed by atoms with E-state index in [9.17, 15) is 14.4 Å². The quantitative estimate of drug-likeness (QED) is 0.503. The Morgan fingerprint density at radius 3 is 2.39 bits per heavy atom. The molecule has 0 spiro atoms. The van der Waals surface area contributed by atoms with E-state index in [1.165, 1.54) is 36.4 Å². The molecule has 0 fully saturated rings. The van der Waals surface area contributed by atoms with E-state index >= 15 is 0 Å². The Labute approximate surface area is 185 Å². The van der Waals surface area contributed by atoms with Gasteiger partial charge in [-0.3, -0.25) is 9.59 Å². The summed E-state index contributed by atoms with van der Waals surface area (Å²) in [7, 11) is -2.61. The van der Waals surface area contributed by atoms with Gasteiger partial charge in [0.1, 0.15) is 23.5 Å². The van der Waals surface area contributed by atoms with Crippen LogP contribution in [0.4, 0.5) is 0 Å². The minimum Gasteiger partial charge on any atom is -0.497 e. The number of carbonyl (C=O) groups excluding carboxylic acids is 2. The third-order valence-electron chi connectivity index (χ3n) is 4.05. The Bertz CT molecular complexity index is 1280. The van der Waals surface area contributed by atoms with Crippen molar-refractivity contribution in [3.63, 3.8) is 0 Å². The van der Waals surface area contributed by atoms with Gasteiger partial charge in [0, 0.05) is 19.1 Å². The molecule has 3 rings (SSSR count). The molecule has 9 nitrogen and oxygen atoms in total.